The molecule has 8 heteroatoms. The Bertz CT molecular complexity index is 795. The van der Waals surface area contributed by atoms with Crippen molar-refractivity contribution < 1.29 is 22.4 Å². The smallest absolute Gasteiger partial charge is 0.287 e. The van der Waals surface area contributed by atoms with Crippen molar-refractivity contribution in [2.75, 3.05) is 11.6 Å². The molecule has 2 N–H and O–H groups in total. The van der Waals surface area contributed by atoms with E-state index in [1.54, 1.807) is 6.07 Å². The molecular weight excluding hydrogens is 320 g/mol. The van der Waals surface area contributed by atoms with Gasteiger partial charge in [-0.25, -0.2) is 8.42 Å². The van der Waals surface area contributed by atoms with Gasteiger partial charge >= 0.3 is 0 Å². The predicted octanol–water partition coefficient (Wildman–Crippen LogP) is 1.44. The van der Waals surface area contributed by atoms with Crippen molar-refractivity contribution in [1.29, 1.82) is 0 Å². The molecule has 0 fully saturated rings. The number of hydrogen-bond donors (Lipinski definition) is 2. The molecule has 0 saturated heterocycles. The maximum absolute atomic E-state index is 12.0. The molecule has 23 heavy (non-hydrogen) atoms. The molecule has 2 amide bonds. The lowest BCUT2D eigenvalue weighted by molar-refractivity contribution is -0.117. The first-order valence-corrected chi connectivity index (χ1v) is 8.62. The van der Waals surface area contributed by atoms with Gasteiger partial charge < -0.3 is 15.1 Å². The van der Waals surface area contributed by atoms with Crippen molar-refractivity contribution in [3.63, 3.8) is 0 Å². The van der Waals surface area contributed by atoms with Crippen LogP contribution in [0.2, 0.25) is 0 Å². The number of furan rings is 1. The van der Waals surface area contributed by atoms with Crippen molar-refractivity contribution in [2.45, 2.75) is 17.9 Å². The molecule has 122 valence electrons. The molecule has 0 aliphatic carbocycles. The zero-order valence-electron chi connectivity index (χ0n) is 12.6. The quantitative estimate of drug-likeness (QED) is 0.859. The lowest BCUT2D eigenvalue weighted by Crippen LogP contribution is -2.41. The first kappa shape index (κ1) is 16.8. The molecule has 1 aromatic carbocycles. The summed E-state index contributed by atoms with van der Waals surface area (Å²) in [7, 11) is -3.29. The van der Waals surface area contributed by atoms with Gasteiger partial charge in [0.2, 0.25) is 5.91 Å². The Labute approximate surface area is 133 Å². The van der Waals surface area contributed by atoms with Crippen LogP contribution in [0.25, 0.3) is 0 Å². The van der Waals surface area contributed by atoms with Gasteiger partial charge in [-0.15, -0.1) is 0 Å². The normalized spacial score (nSPS) is 12.4. The third-order valence-corrected chi connectivity index (χ3v) is 4.16. The van der Waals surface area contributed by atoms with E-state index in [-0.39, 0.29) is 10.7 Å². The van der Waals surface area contributed by atoms with E-state index in [1.165, 1.54) is 43.5 Å². The fourth-order valence-corrected chi connectivity index (χ4v) is 2.41. The standard InChI is InChI=1S/C15H16N2O5S/c1-10(16-15(19)13-4-3-9-22-13)14(18)17-11-5-7-12(8-6-11)23(2,20)21/h3-10H,1-2H3,(H,16,19)(H,17,18). The Balaban J connectivity index is 1.97. The SMILES string of the molecule is CC(NC(=O)c1ccco1)C(=O)Nc1ccc(S(C)(=O)=O)cc1. The van der Waals surface area contributed by atoms with E-state index in [2.05, 4.69) is 10.6 Å². The first-order valence-electron chi connectivity index (χ1n) is 6.73. The summed E-state index contributed by atoms with van der Waals surface area (Å²) in [6.45, 7) is 1.53. The van der Waals surface area contributed by atoms with Gasteiger partial charge in [-0.05, 0) is 43.3 Å². The van der Waals surface area contributed by atoms with E-state index in [9.17, 15) is 18.0 Å². The van der Waals surface area contributed by atoms with Gasteiger partial charge in [0, 0.05) is 11.9 Å². The molecule has 7 nitrogen and oxygen atoms in total. The van der Waals surface area contributed by atoms with E-state index >= 15 is 0 Å². The highest BCUT2D eigenvalue weighted by Gasteiger charge is 2.18. The molecular formula is C15H16N2O5S. The van der Waals surface area contributed by atoms with E-state index in [0.29, 0.717) is 5.69 Å². The Morgan fingerprint density at radius 1 is 1.13 bits per heavy atom. The second-order valence-corrected chi connectivity index (χ2v) is 6.97. The minimum atomic E-state index is -3.29. The summed E-state index contributed by atoms with van der Waals surface area (Å²) in [5, 5.41) is 5.09. The number of carbonyl (C=O) groups is 2. The summed E-state index contributed by atoms with van der Waals surface area (Å²) in [5.74, 6) is -0.816. The molecule has 2 aromatic rings. The van der Waals surface area contributed by atoms with Crippen LogP contribution in [-0.4, -0.2) is 32.5 Å². The maximum atomic E-state index is 12.0. The molecule has 0 aliphatic heterocycles. The van der Waals surface area contributed by atoms with E-state index < -0.39 is 27.7 Å². The number of sulfone groups is 1. The van der Waals surface area contributed by atoms with Gasteiger partial charge in [0.05, 0.1) is 11.2 Å². The number of carbonyl (C=O) groups excluding carboxylic acids is 2. The second kappa shape index (κ2) is 6.66. The summed E-state index contributed by atoms with van der Waals surface area (Å²) in [5.41, 5.74) is 0.432. The molecule has 0 aliphatic rings. The molecule has 0 bridgehead atoms. The molecule has 1 unspecified atom stereocenters. The summed E-state index contributed by atoms with van der Waals surface area (Å²) >= 11 is 0. The van der Waals surface area contributed by atoms with Crippen LogP contribution in [0.15, 0.2) is 52.0 Å². The number of hydrogen-bond acceptors (Lipinski definition) is 5. The number of nitrogens with one attached hydrogen (secondary N) is 2. The molecule has 1 aromatic heterocycles. The lowest BCUT2D eigenvalue weighted by atomic mass is 10.2. The Hall–Kier alpha value is -2.61. The van der Waals surface area contributed by atoms with Crippen LogP contribution in [-0.2, 0) is 14.6 Å². The highest BCUT2D eigenvalue weighted by Crippen LogP contribution is 2.14. The Morgan fingerprint density at radius 3 is 2.30 bits per heavy atom. The van der Waals surface area contributed by atoms with Crippen molar-refractivity contribution in [3.8, 4) is 0 Å². The predicted molar refractivity (Wildman–Crippen MR) is 83.8 cm³/mol. The van der Waals surface area contributed by atoms with E-state index in [4.69, 9.17) is 4.42 Å². The van der Waals surface area contributed by atoms with Crippen LogP contribution in [0.5, 0.6) is 0 Å². The minimum Gasteiger partial charge on any atom is -0.459 e. The number of amides is 2. The fourth-order valence-electron chi connectivity index (χ4n) is 1.78. The van der Waals surface area contributed by atoms with Crippen molar-refractivity contribution in [3.05, 3.63) is 48.4 Å². The lowest BCUT2D eigenvalue weighted by Gasteiger charge is -2.13. The highest BCUT2D eigenvalue weighted by atomic mass is 32.2. The zero-order valence-corrected chi connectivity index (χ0v) is 13.4. The van der Waals surface area contributed by atoms with Gasteiger partial charge in [0.1, 0.15) is 6.04 Å². The summed E-state index contributed by atoms with van der Waals surface area (Å²) < 4.78 is 27.7. The number of benzene rings is 1. The maximum Gasteiger partial charge on any atom is 0.287 e. The van der Waals surface area contributed by atoms with Gasteiger partial charge in [0.15, 0.2) is 15.6 Å². The number of anilines is 1. The molecule has 1 atom stereocenters. The van der Waals surface area contributed by atoms with Crippen molar-refractivity contribution in [2.24, 2.45) is 0 Å². The average molecular weight is 336 g/mol. The molecule has 0 spiro atoms. The van der Waals surface area contributed by atoms with Crippen LogP contribution in [0, 0.1) is 0 Å². The third-order valence-electron chi connectivity index (χ3n) is 3.04. The van der Waals surface area contributed by atoms with E-state index in [1.807, 2.05) is 0 Å². The monoisotopic (exact) mass is 336 g/mol. The largest absolute Gasteiger partial charge is 0.459 e. The Morgan fingerprint density at radius 2 is 1.78 bits per heavy atom. The Kier molecular flexibility index (Phi) is 4.85. The molecule has 0 radical (unpaired) electrons. The minimum absolute atomic E-state index is 0.113. The van der Waals surface area contributed by atoms with Crippen molar-refractivity contribution in [1.82, 2.24) is 5.32 Å². The summed E-state index contributed by atoms with van der Waals surface area (Å²) in [6.07, 6.45) is 2.47. The summed E-state index contributed by atoms with van der Waals surface area (Å²) in [6, 6.07) is 8.04. The van der Waals surface area contributed by atoms with Crippen LogP contribution < -0.4 is 10.6 Å². The zero-order chi connectivity index (χ0) is 17.0. The molecule has 1 heterocycles. The van der Waals surface area contributed by atoms with Gasteiger partial charge in [0.25, 0.3) is 5.91 Å². The van der Waals surface area contributed by atoms with E-state index in [0.717, 1.165) is 6.26 Å². The van der Waals surface area contributed by atoms with Crippen LogP contribution in [0.1, 0.15) is 17.5 Å². The average Bonchev–Trinajstić information content (AvgIpc) is 3.01. The van der Waals surface area contributed by atoms with Gasteiger partial charge in [-0.3, -0.25) is 9.59 Å². The van der Waals surface area contributed by atoms with Crippen LogP contribution >= 0.6 is 0 Å². The van der Waals surface area contributed by atoms with Crippen LogP contribution in [0.3, 0.4) is 0 Å². The topological polar surface area (TPSA) is 105 Å². The van der Waals surface area contributed by atoms with Crippen LogP contribution in [0.4, 0.5) is 5.69 Å². The van der Waals surface area contributed by atoms with Gasteiger partial charge in [-0.1, -0.05) is 0 Å². The highest BCUT2D eigenvalue weighted by molar-refractivity contribution is 7.90. The third kappa shape index (κ3) is 4.43. The van der Waals surface area contributed by atoms with Gasteiger partial charge in [-0.2, -0.15) is 0 Å². The fraction of sp³-hybridized carbons (Fsp3) is 0.200. The first-order chi connectivity index (χ1) is 10.8. The molecule has 2 rings (SSSR count). The summed E-state index contributed by atoms with van der Waals surface area (Å²) in [4.78, 5) is 24.0. The number of rotatable bonds is 5. The van der Waals surface area contributed by atoms with Crippen molar-refractivity contribution >= 4 is 27.3 Å². The second-order valence-electron chi connectivity index (χ2n) is 4.96. The molecule has 0 saturated carbocycles.